The first-order valence-electron chi connectivity index (χ1n) is 6.49. The number of nitrogens with one attached hydrogen (secondary N) is 1. The Morgan fingerprint density at radius 1 is 1.10 bits per heavy atom. The Balaban J connectivity index is 2.74. The Kier molecular flexibility index (Phi) is 4.40. The third-order valence-corrected chi connectivity index (χ3v) is 3.20. The summed E-state index contributed by atoms with van der Waals surface area (Å²) in [6.07, 6.45) is 2.36. The molecule has 1 aromatic carbocycles. The van der Waals surface area contributed by atoms with Crippen LogP contribution < -0.4 is 14.8 Å². The van der Waals surface area contributed by atoms with Gasteiger partial charge in [0.25, 0.3) is 0 Å². The van der Waals surface area contributed by atoms with Crippen LogP contribution in [0.15, 0.2) is 24.5 Å². The molecule has 2 rings (SSSR count). The highest BCUT2D eigenvalue weighted by Crippen LogP contribution is 2.39. The average Bonchev–Trinajstić information content (AvgIpc) is 2.52. The number of ether oxygens (including phenoxy) is 2. The summed E-state index contributed by atoms with van der Waals surface area (Å²) in [5.74, 6) is 2.30. The maximum absolute atomic E-state index is 5.45. The van der Waals surface area contributed by atoms with Gasteiger partial charge in [-0.25, -0.2) is 9.97 Å². The standard InChI is InChI=1S/C15H19N3O2/c1-5-10-14(17-9-18-15(10)16-2)13-11(19-3)7-6-8-12(13)20-4/h6-9H,5H2,1-4H3,(H,16,17,18). The summed E-state index contributed by atoms with van der Waals surface area (Å²) in [5, 5.41) is 3.10. The van der Waals surface area contributed by atoms with E-state index >= 15 is 0 Å². The van der Waals surface area contributed by atoms with Crippen LogP contribution in [0.5, 0.6) is 11.5 Å². The maximum atomic E-state index is 5.45. The van der Waals surface area contributed by atoms with Crippen LogP contribution in [0.1, 0.15) is 12.5 Å². The van der Waals surface area contributed by atoms with Crippen LogP contribution in [-0.4, -0.2) is 31.2 Å². The van der Waals surface area contributed by atoms with Gasteiger partial charge in [-0.2, -0.15) is 0 Å². The zero-order valence-electron chi connectivity index (χ0n) is 12.2. The number of nitrogens with zero attached hydrogens (tertiary/aromatic N) is 2. The average molecular weight is 273 g/mol. The largest absolute Gasteiger partial charge is 0.496 e. The summed E-state index contributed by atoms with van der Waals surface area (Å²) < 4.78 is 10.9. The van der Waals surface area contributed by atoms with E-state index in [9.17, 15) is 0 Å². The molecule has 0 bridgehead atoms. The Morgan fingerprint density at radius 3 is 2.25 bits per heavy atom. The molecular formula is C15H19N3O2. The molecule has 0 aliphatic carbocycles. The zero-order valence-corrected chi connectivity index (χ0v) is 12.2. The van der Waals surface area contributed by atoms with Crippen molar-refractivity contribution in [2.75, 3.05) is 26.6 Å². The lowest BCUT2D eigenvalue weighted by molar-refractivity contribution is 0.397. The lowest BCUT2D eigenvalue weighted by Crippen LogP contribution is -2.04. The quantitative estimate of drug-likeness (QED) is 0.907. The molecule has 106 valence electrons. The van der Waals surface area contributed by atoms with Gasteiger partial charge in [0.2, 0.25) is 0 Å². The fourth-order valence-corrected chi connectivity index (χ4v) is 2.26. The van der Waals surface area contributed by atoms with Crippen molar-refractivity contribution in [3.05, 3.63) is 30.1 Å². The van der Waals surface area contributed by atoms with E-state index in [-0.39, 0.29) is 0 Å². The second-order valence-electron chi connectivity index (χ2n) is 4.19. The third-order valence-electron chi connectivity index (χ3n) is 3.20. The number of hydrogen-bond donors (Lipinski definition) is 1. The first kappa shape index (κ1) is 14.1. The van der Waals surface area contributed by atoms with E-state index in [2.05, 4.69) is 22.2 Å². The summed E-state index contributed by atoms with van der Waals surface area (Å²) in [5.41, 5.74) is 2.73. The van der Waals surface area contributed by atoms with Gasteiger partial charge < -0.3 is 14.8 Å². The molecule has 0 aliphatic rings. The van der Waals surface area contributed by atoms with E-state index in [1.54, 1.807) is 20.5 Å². The topological polar surface area (TPSA) is 56.3 Å². The van der Waals surface area contributed by atoms with Gasteiger partial charge in [0.1, 0.15) is 23.6 Å². The normalized spacial score (nSPS) is 10.2. The van der Waals surface area contributed by atoms with Gasteiger partial charge in [-0.05, 0) is 18.6 Å². The van der Waals surface area contributed by atoms with Gasteiger partial charge >= 0.3 is 0 Å². The van der Waals surface area contributed by atoms with Crippen LogP contribution in [0.4, 0.5) is 5.82 Å². The first-order chi connectivity index (χ1) is 9.76. The zero-order chi connectivity index (χ0) is 14.5. The molecule has 5 nitrogen and oxygen atoms in total. The summed E-state index contributed by atoms with van der Waals surface area (Å²) in [6, 6.07) is 5.70. The van der Waals surface area contributed by atoms with Crippen LogP contribution in [0.25, 0.3) is 11.3 Å². The first-order valence-corrected chi connectivity index (χ1v) is 6.49. The Labute approximate surface area is 119 Å². The van der Waals surface area contributed by atoms with E-state index in [0.29, 0.717) is 0 Å². The molecule has 1 N–H and O–H groups in total. The van der Waals surface area contributed by atoms with E-state index < -0.39 is 0 Å². The second kappa shape index (κ2) is 6.23. The molecule has 0 atom stereocenters. The summed E-state index contributed by atoms with van der Waals surface area (Å²) in [7, 11) is 5.14. The number of methoxy groups -OCH3 is 2. The Bertz CT molecular complexity index is 577. The molecular weight excluding hydrogens is 254 g/mol. The molecule has 1 aromatic heterocycles. The second-order valence-corrected chi connectivity index (χ2v) is 4.19. The van der Waals surface area contributed by atoms with Gasteiger partial charge in [-0.1, -0.05) is 13.0 Å². The van der Waals surface area contributed by atoms with E-state index in [1.165, 1.54) is 0 Å². The van der Waals surface area contributed by atoms with E-state index in [1.807, 2.05) is 25.2 Å². The molecule has 20 heavy (non-hydrogen) atoms. The van der Waals surface area contributed by atoms with Crippen LogP contribution in [-0.2, 0) is 6.42 Å². The highest BCUT2D eigenvalue weighted by molar-refractivity contribution is 5.78. The van der Waals surface area contributed by atoms with Crippen molar-refractivity contribution >= 4 is 5.82 Å². The highest BCUT2D eigenvalue weighted by Gasteiger charge is 2.18. The number of rotatable bonds is 5. The smallest absolute Gasteiger partial charge is 0.132 e. The van der Waals surface area contributed by atoms with E-state index in [0.717, 1.165) is 40.6 Å². The van der Waals surface area contributed by atoms with Gasteiger partial charge in [0, 0.05) is 12.6 Å². The minimum absolute atomic E-state index is 0.736. The molecule has 0 spiro atoms. The molecule has 2 aromatic rings. The Morgan fingerprint density at radius 2 is 1.75 bits per heavy atom. The van der Waals surface area contributed by atoms with E-state index in [4.69, 9.17) is 9.47 Å². The molecule has 1 heterocycles. The summed E-state index contributed by atoms with van der Waals surface area (Å²) >= 11 is 0. The molecule has 0 amide bonds. The predicted octanol–water partition coefficient (Wildman–Crippen LogP) is 2.76. The number of hydrogen-bond acceptors (Lipinski definition) is 5. The third kappa shape index (κ3) is 2.39. The van der Waals surface area contributed by atoms with Gasteiger partial charge in [0.15, 0.2) is 0 Å². The van der Waals surface area contributed by atoms with Crippen LogP contribution in [0.3, 0.4) is 0 Å². The molecule has 5 heteroatoms. The van der Waals surface area contributed by atoms with Gasteiger partial charge in [-0.15, -0.1) is 0 Å². The van der Waals surface area contributed by atoms with Gasteiger partial charge in [0.05, 0.1) is 25.5 Å². The van der Waals surface area contributed by atoms with Crippen LogP contribution in [0, 0.1) is 0 Å². The molecule has 0 saturated heterocycles. The van der Waals surface area contributed by atoms with Crippen molar-refractivity contribution in [2.24, 2.45) is 0 Å². The molecule has 0 saturated carbocycles. The SMILES string of the molecule is CCc1c(NC)ncnc1-c1c(OC)cccc1OC. The Hall–Kier alpha value is -2.30. The summed E-state index contributed by atoms with van der Waals surface area (Å²) in [6.45, 7) is 2.07. The molecule has 0 radical (unpaired) electrons. The van der Waals surface area contributed by atoms with Crippen molar-refractivity contribution in [3.63, 3.8) is 0 Å². The lowest BCUT2D eigenvalue weighted by Gasteiger charge is -2.16. The number of benzene rings is 1. The minimum Gasteiger partial charge on any atom is -0.496 e. The maximum Gasteiger partial charge on any atom is 0.132 e. The number of aromatic nitrogens is 2. The van der Waals surface area contributed by atoms with Crippen molar-refractivity contribution in [2.45, 2.75) is 13.3 Å². The molecule has 0 aliphatic heterocycles. The van der Waals surface area contributed by atoms with Crippen molar-refractivity contribution in [1.82, 2.24) is 9.97 Å². The predicted molar refractivity (Wildman–Crippen MR) is 79.5 cm³/mol. The van der Waals surface area contributed by atoms with Crippen molar-refractivity contribution in [3.8, 4) is 22.8 Å². The fourth-order valence-electron chi connectivity index (χ4n) is 2.26. The summed E-state index contributed by atoms with van der Waals surface area (Å²) in [4.78, 5) is 8.70. The van der Waals surface area contributed by atoms with Gasteiger partial charge in [-0.3, -0.25) is 0 Å². The molecule has 0 fully saturated rings. The van der Waals surface area contributed by atoms with Crippen LogP contribution in [0.2, 0.25) is 0 Å². The molecule has 0 unspecified atom stereocenters. The van der Waals surface area contributed by atoms with Crippen LogP contribution >= 0.6 is 0 Å². The fraction of sp³-hybridized carbons (Fsp3) is 0.333. The lowest BCUT2D eigenvalue weighted by atomic mass is 10.0. The van der Waals surface area contributed by atoms with Crippen molar-refractivity contribution < 1.29 is 9.47 Å². The monoisotopic (exact) mass is 273 g/mol. The van der Waals surface area contributed by atoms with Crippen molar-refractivity contribution in [1.29, 1.82) is 0 Å². The number of anilines is 1. The highest BCUT2D eigenvalue weighted by atomic mass is 16.5. The minimum atomic E-state index is 0.736.